The lowest BCUT2D eigenvalue weighted by Gasteiger charge is -2.44. The minimum Gasteiger partial charge on any atom is -0.450 e. The maximum absolute atomic E-state index is 13.5. The van der Waals surface area contributed by atoms with Crippen LogP contribution in [0.2, 0.25) is 5.02 Å². The van der Waals surface area contributed by atoms with E-state index in [-0.39, 0.29) is 22.8 Å². The molecule has 0 radical (unpaired) electrons. The zero-order valence-corrected chi connectivity index (χ0v) is 20.5. The molecule has 0 atom stereocenters. The van der Waals surface area contributed by atoms with Crippen molar-refractivity contribution in [2.45, 2.75) is 64.1 Å². The Morgan fingerprint density at radius 2 is 2.09 bits per heavy atom. The molecule has 1 amide bonds. The Labute approximate surface area is 207 Å². The highest BCUT2D eigenvalue weighted by Crippen LogP contribution is 2.49. The number of carbonyl (C=O) groups excluding carboxylic acids is 1. The number of amides is 1. The number of rotatable bonds is 2. The highest BCUT2D eigenvalue weighted by molar-refractivity contribution is 6.34. The average Bonchev–Trinajstić information content (AvgIpc) is 3.27. The number of hydrogen-bond acceptors (Lipinski definition) is 6. The van der Waals surface area contributed by atoms with Crippen molar-refractivity contribution in [3.8, 4) is 0 Å². The van der Waals surface area contributed by atoms with Crippen LogP contribution in [0.5, 0.6) is 0 Å². The van der Waals surface area contributed by atoms with Crippen LogP contribution in [-0.4, -0.2) is 27.1 Å². The number of nitrogens with zero attached hydrogens (tertiary/aromatic N) is 3. The monoisotopic (exact) mass is 493 g/mol. The van der Waals surface area contributed by atoms with Crippen LogP contribution < -0.4 is 16.2 Å². The summed E-state index contributed by atoms with van der Waals surface area (Å²) in [6.45, 7) is 7.33. The molecule has 1 aliphatic carbocycles. The van der Waals surface area contributed by atoms with Gasteiger partial charge in [0.15, 0.2) is 5.76 Å². The molecular formula is C26H28ClN5O3. The van der Waals surface area contributed by atoms with Crippen LogP contribution in [0.25, 0.3) is 11.0 Å². The summed E-state index contributed by atoms with van der Waals surface area (Å²) in [7, 11) is 0. The maximum atomic E-state index is 13.5. The lowest BCUT2D eigenvalue weighted by molar-refractivity contribution is 0.0703. The Balaban J connectivity index is 1.39. The van der Waals surface area contributed by atoms with E-state index in [4.69, 9.17) is 16.0 Å². The number of anilines is 1. The molecule has 1 fully saturated rings. The minimum absolute atomic E-state index is 0.0681. The van der Waals surface area contributed by atoms with Crippen molar-refractivity contribution in [2.75, 3.05) is 11.9 Å². The predicted molar refractivity (Wildman–Crippen MR) is 135 cm³/mol. The van der Waals surface area contributed by atoms with Gasteiger partial charge in [-0.05, 0) is 38.3 Å². The highest BCUT2D eigenvalue weighted by atomic mass is 35.5. The molecular weight excluding hydrogens is 466 g/mol. The van der Waals surface area contributed by atoms with Gasteiger partial charge in [-0.3, -0.25) is 9.59 Å². The van der Waals surface area contributed by atoms with Crippen molar-refractivity contribution in [2.24, 2.45) is 0 Å². The molecule has 2 N–H and O–H groups in total. The van der Waals surface area contributed by atoms with E-state index < -0.39 is 0 Å². The second-order valence-corrected chi connectivity index (χ2v) is 10.2. The van der Waals surface area contributed by atoms with Gasteiger partial charge in [-0.1, -0.05) is 37.4 Å². The zero-order valence-electron chi connectivity index (χ0n) is 19.7. The normalized spacial score (nSPS) is 18.7. The first kappa shape index (κ1) is 22.2. The topological polar surface area (TPSA) is 92.4 Å². The number of aryl methyl sites for hydroxylation is 1. The maximum Gasteiger partial charge on any atom is 0.289 e. The molecule has 182 valence electrons. The van der Waals surface area contributed by atoms with E-state index in [1.54, 1.807) is 17.2 Å². The molecule has 2 aliphatic heterocycles. The quantitative estimate of drug-likeness (QED) is 0.545. The third-order valence-electron chi connectivity index (χ3n) is 7.63. The van der Waals surface area contributed by atoms with Crippen LogP contribution in [0.15, 0.2) is 39.9 Å². The lowest BCUT2D eigenvalue weighted by Crippen LogP contribution is -2.48. The van der Waals surface area contributed by atoms with E-state index in [1.165, 1.54) is 11.1 Å². The van der Waals surface area contributed by atoms with Crippen LogP contribution in [-0.2, 0) is 25.0 Å². The second-order valence-electron chi connectivity index (χ2n) is 9.75. The smallest absolute Gasteiger partial charge is 0.289 e. The SMILES string of the molecule is C=C1Nc2c(Cl)cc3cc(C(=O)N4CCc5c(cnn(CC)c5=O)C4)oc3c2C2(CCCCC2)N1. The Morgan fingerprint density at radius 1 is 1.29 bits per heavy atom. The molecule has 0 bridgehead atoms. The molecule has 1 aromatic carbocycles. The summed E-state index contributed by atoms with van der Waals surface area (Å²) in [5.41, 5.74) is 3.64. The standard InChI is InChI=1S/C26H28ClN5O3/c1-3-32-24(33)18-7-10-31(14-17(18)13-28-32)25(34)20-12-16-11-19(27)22-21(23(16)35-20)26(30-15(2)29-22)8-5-4-6-9-26/h11-13,29-30H,2-10,14H2,1H3. The van der Waals surface area contributed by atoms with Crippen LogP contribution in [0.3, 0.4) is 0 Å². The van der Waals surface area contributed by atoms with Gasteiger partial charge in [0.1, 0.15) is 5.58 Å². The van der Waals surface area contributed by atoms with E-state index >= 15 is 0 Å². The highest BCUT2D eigenvalue weighted by Gasteiger charge is 2.42. The third-order valence-corrected chi connectivity index (χ3v) is 7.93. The molecule has 9 heteroatoms. The van der Waals surface area contributed by atoms with Crippen LogP contribution in [0.4, 0.5) is 5.69 Å². The van der Waals surface area contributed by atoms with Gasteiger partial charge in [-0.25, -0.2) is 4.68 Å². The summed E-state index contributed by atoms with van der Waals surface area (Å²) >= 11 is 6.72. The number of benzene rings is 1. The van der Waals surface area contributed by atoms with Gasteiger partial charge in [0.05, 0.1) is 28.3 Å². The van der Waals surface area contributed by atoms with Gasteiger partial charge in [-0.15, -0.1) is 0 Å². The molecule has 0 saturated heterocycles. The number of hydrogen-bond donors (Lipinski definition) is 2. The van der Waals surface area contributed by atoms with E-state index in [0.29, 0.717) is 36.7 Å². The first-order valence-electron chi connectivity index (χ1n) is 12.3. The number of halogens is 1. The summed E-state index contributed by atoms with van der Waals surface area (Å²) in [4.78, 5) is 27.8. The van der Waals surface area contributed by atoms with Crippen LogP contribution in [0, 0.1) is 0 Å². The van der Waals surface area contributed by atoms with Crippen molar-refractivity contribution >= 4 is 34.2 Å². The Bertz CT molecular complexity index is 1430. The molecule has 35 heavy (non-hydrogen) atoms. The van der Waals surface area contributed by atoms with Gasteiger partial charge in [-0.2, -0.15) is 5.10 Å². The molecule has 8 nitrogen and oxygen atoms in total. The molecule has 1 saturated carbocycles. The van der Waals surface area contributed by atoms with E-state index in [1.807, 2.05) is 13.0 Å². The molecule has 1 spiro atoms. The largest absolute Gasteiger partial charge is 0.450 e. The summed E-state index contributed by atoms with van der Waals surface area (Å²) < 4.78 is 7.77. The lowest BCUT2D eigenvalue weighted by atomic mass is 9.74. The summed E-state index contributed by atoms with van der Waals surface area (Å²) in [6, 6.07) is 3.63. The Kier molecular flexibility index (Phi) is 5.18. The zero-order chi connectivity index (χ0) is 24.3. The second kappa shape index (κ2) is 8.16. The third kappa shape index (κ3) is 3.45. The Hall–Kier alpha value is -3.26. The molecule has 4 heterocycles. The number of aromatic nitrogens is 2. The average molecular weight is 494 g/mol. The summed E-state index contributed by atoms with van der Waals surface area (Å²) in [5, 5.41) is 12.5. The number of furan rings is 1. The molecule has 3 aromatic rings. The molecule has 6 rings (SSSR count). The minimum atomic E-state index is -0.313. The molecule has 0 unspecified atom stereocenters. The van der Waals surface area contributed by atoms with E-state index in [9.17, 15) is 9.59 Å². The van der Waals surface area contributed by atoms with Crippen molar-refractivity contribution in [1.29, 1.82) is 0 Å². The fourth-order valence-electron chi connectivity index (χ4n) is 5.95. The molecule has 3 aliphatic rings. The molecule has 2 aromatic heterocycles. The van der Waals surface area contributed by atoms with E-state index in [0.717, 1.165) is 59.3 Å². The fraction of sp³-hybridized carbons (Fsp3) is 0.423. The van der Waals surface area contributed by atoms with Crippen LogP contribution in [0.1, 0.15) is 66.3 Å². The van der Waals surface area contributed by atoms with Gasteiger partial charge in [0.2, 0.25) is 0 Å². The van der Waals surface area contributed by atoms with Crippen molar-refractivity contribution in [3.63, 3.8) is 0 Å². The van der Waals surface area contributed by atoms with Gasteiger partial charge < -0.3 is 20.0 Å². The summed E-state index contributed by atoms with van der Waals surface area (Å²) in [5.74, 6) is 0.805. The number of fused-ring (bicyclic) bond motifs is 5. The number of nitrogens with one attached hydrogen (secondary N) is 2. The first-order valence-corrected chi connectivity index (χ1v) is 12.7. The first-order chi connectivity index (χ1) is 16.9. The van der Waals surface area contributed by atoms with Gasteiger partial charge in [0, 0.05) is 41.7 Å². The predicted octanol–water partition coefficient (Wildman–Crippen LogP) is 4.51. The van der Waals surface area contributed by atoms with Crippen molar-refractivity contribution in [1.82, 2.24) is 20.0 Å². The summed E-state index contributed by atoms with van der Waals surface area (Å²) in [6.07, 6.45) is 7.49. The van der Waals surface area contributed by atoms with Crippen molar-refractivity contribution < 1.29 is 9.21 Å². The van der Waals surface area contributed by atoms with Gasteiger partial charge in [0.25, 0.3) is 11.5 Å². The van der Waals surface area contributed by atoms with Crippen molar-refractivity contribution in [3.05, 3.63) is 68.6 Å². The number of carbonyl (C=O) groups is 1. The Morgan fingerprint density at radius 3 is 2.86 bits per heavy atom. The van der Waals surface area contributed by atoms with Crippen LogP contribution >= 0.6 is 11.6 Å². The van der Waals surface area contributed by atoms with E-state index in [2.05, 4.69) is 22.3 Å². The van der Waals surface area contributed by atoms with Gasteiger partial charge >= 0.3 is 0 Å². The fourth-order valence-corrected chi connectivity index (χ4v) is 6.21.